The van der Waals surface area contributed by atoms with Gasteiger partial charge in [-0.05, 0) is 0 Å². The maximum atomic E-state index is 6.41. The largest absolute Gasteiger partial charge is 0.374 e. The van der Waals surface area contributed by atoms with Crippen LogP contribution >= 0.6 is 0 Å². The van der Waals surface area contributed by atoms with Crippen molar-refractivity contribution in [2.75, 3.05) is 7.05 Å². The Bertz CT molecular complexity index is 42.9. The average Bonchev–Trinajstić information content (AvgIpc) is 1.38. The molecule has 0 heterocycles. The van der Waals surface area contributed by atoms with E-state index in [1.165, 1.54) is 0 Å². The van der Waals surface area contributed by atoms with Crippen molar-refractivity contribution in [2.45, 2.75) is 0 Å². The number of nitrogens with one attached hydrogen (secondary N) is 2. The predicted octanol–water partition coefficient (Wildman–Crippen LogP) is -2.71. The van der Waals surface area contributed by atoms with E-state index >= 15 is 0 Å². The van der Waals surface area contributed by atoms with Gasteiger partial charge in [0.25, 0.3) is 0 Å². The Morgan fingerprint density at radius 2 is 2.20 bits per heavy atom. The van der Waals surface area contributed by atoms with Gasteiger partial charge in [-0.1, -0.05) is 0 Å². The Hall–Kier alpha value is -0.730. The number of nitrogens with two attached hydrogens (primary N) is 1. The molecule has 0 saturated heterocycles. The van der Waals surface area contributed by atoms with Crippen LogP contribution in [-0.4, -0.2) is 13.0 Å². The number of hydrogen-bond donors (Lipinski definition) is 2. The second kappa shape index (κ2) is 1.58. The van der Waals surface area contributed by atoms with Crippen molar-refractivity contribution in [2.24, 2.45) is 5.73 Å². The minimum absolute atomic E-state index is 0.00463. The molecule has 3 nitrogen and oxygen atoms in total. The third-order valence-corrected chi connectivity index (χ3v) is 0.269. The van der Waals surface area contributed by atoms with Crippen LogP contribution in [0.2, 0.25) is 0 Å². The summed E-state index contributed by atoms with van der Waals surface area (Å²) in [6.07, 6.45) is 0. The zero-order valence-corrected chi connectivity index (χ0v) is 3.08. The van der Waals surface area contributed by atoms with E-state index in [4.69, 9.17) is 11.5 Å². The minimum Gasteiger partial charge on any atom is -0.288 e. The van der Waals surface area contributed by atoms with Gasteiger partial charge in [0, 0.05) is 0 Å². The van der Waals surface area contributed by atoms with Gasteiger partial charge in [0.2, 0.25) is 0 Å². The lowest BCUT2D eigenvalue weighted by molar-refractivity contribution is -0.422. The molecule has 3 heteroatoms. The van der Waals surface area contributed by atoms with Crippen molar-refractivity contribution in [3.8, 4) is 0 Å². The second-order valence-electron chi connectivity index (χ2n) is 0.664. The molecule has 29 valence electrons. The molecule has 0 aliphatic rings. The minimum atomic E-state index is 0.00463. The maximum absolute atomic E-state index is 6.41. The van der Waals surface area contributed by atoms with E-state index in [9.17, 15) is 0 Å². The summed E-state index contributed by atoms with van der Waals surface area (Å²) in [6, 6.07) is 0. The fourth-order valence-electron chi connectivity index (χ4n) is 0. The summed E-state index contributed by atoms with van der Waals surface area (Å²) in [4.78, 5) is 2.39. The second-order valence-corrected chi connectivity index (χ2v) is 0.664. The smallest absolute Gasteiger partial charge is 0.288 e. The molecular weight excluding hydrogens is 66.0 g/mol. The van der Waals surface area contributed by atoms with Gasteiger partial charge in [-0.15, -0.1) is 5.73 Å². The summed E-state index contributed by atoms with van der Waals surface area (Å²) in [7, 11) is 1.60. The van der Waals surface area contributed by atoms with Crippen molar-refractivity contribution in [3.05, 3.63) is 0 Å². The molecule has 0 bridgehead atoms. The molecule has 4 N–H and O–H groups in total. The van der Waals surface area contributed by atoms with E-state index in [0.29, 0.717) is 0 Å². The Morgan fingerprint density at radius 3 is 2.20 bits per heavy atom. The number of guanidine groups is 1. The zero-order valence-electron chi connectivity index (χ0n) is 3.08. The fraction of sp³-hybridized carbons (Fsp3) is 0.500. The summed E-state index contributed by atoms with van der Waals surface area (Å²) in [6.45, 7) is 0. The Kier molecular flexibility index (Phi) is 1.35. The van der Waals surface area contributed by atoms with Crippen molar-refractivity contribution >= 4 is 5.96 Å². The zero-order chi connectivity index (χ0) is 4.28. The molecule has 0 aliphatic carbocycles. The molecule has 0 rings (SSSR count). The van der Waals surface area contributed by atoms with Crippen LogP contribution in [0.1, 0.15) is 0 Å². The average molecular weight is 73.1 g/mol. The summed E-state index contributed by atoms with van der Waals surface area (Å²) in [5.41, 5.74) is 11.2. The first-order valence-electron chi connectivity index (χ1n) is 1.29. The maximum Gasteiger partial charge on any atom is 0.374 e. The molecule has 0 unspecified atom stereocenters. The van der Waals surface area contributed by atoms with Crippen LogP contribution in [0.25, 0.3) is 0 Å². The lowest BCUT2D eigenvalue weighted by Gasteiger charge is -1.65. The Morgan fingerprint density at radius 1 is 2.00 bits per heavy atom. The Labute approximate surface area is 30.7 Å². The molecule has 0 atom stereocenters. The highest BCUT2D eigenvalue weighted by Gasteiger charge is 1.75. The SMILES string of the molecule is C[NH+]=C([NH])N. The standard InChI is InChI=1S/C2H6N3/c1-5-2(3)4/h3H,1H3,(H2,4,5)/p+1. The summed E-state index contributed by atoms with van der Waals surface area (Å²) < 4.78 is 0. The monoisotopic (exact) mass is 73.1 g/mol. The van der Waals surface area contributed by atoms with E-state index in [1.807, 2.05) is 0 Å². The van der Waals surface area contributed by atoms with Gasteiger partial charge in [-0.3, -0.25) is 10.7 Å². The molecule has 0 spiro atoms. The number of hydrogen-bond acceptors (Lipinski definition) is 0. The first kappa shape index (κ1) is 4.27. The molecule has 0 aromatic carbocycles. The molecule has 0 aromatic heterocycles. The van der Waals surface area contributed by atoms with Crippen LogP contribution in [0.4, 0.5) is 0 Å². The first-order valence-corrected chi connectivity index (χ1v) is 1.29. The molecular formula is C2H7N3+. The van der Waals surface area contributed by atoms with Gasteiger partial charge in [0.05, 0.1) is 7.05 Å². The van der Waals surface area contributed by atoms with Gasteiger partial charge < -0.3 is 0 Å². The molecule has 0 fully saturated rings. The number of rotatable bonds is 0. The van der Waals surface area contributed by atoms with Crippen LogP contribution in [0.3, 0.4) is 0 Å². The first-order chi connectivity index (χ1) is 2.27. The third kappa shape index (κ3) is 3.27. The molecule has 0 aliphatic heterocycles. The van der Waals surface area contributed by atoms with Crippen molar-refractivity contribution in [1.29, 1.82) is 0 Å². The van der Waals surface area contributed by atoms with Crippen LogP contribution in [0.15, 0.2) is 0 Å². The van der Waals surface area contributed by atoms with E-state index < -0.39 is 0 Å². The van der Waals surface area contributed by atoms with Gasteiger partial charge >= 0.3 is 5.96 Å². The summed E-state index contributed by atoms with van der Waals surface area (Å²) in [5.74, 6) is 0.00463. The summed E-state index contributed by atoms with van der Waals surface area (Å²) in [5, 5.41) is 0. The lowest BCUT2D eigenvalue weighted by Crippen LogP contribution is -2.71. The molecule has 0 amide bonds. The van der Waals surface area contributed by atoms with Gasteiger partial charge in [0.1, 0.15) is 0 Å². The van der Waals surface area contributed by atoms with Crippen molar-refractivity contribution in [1.82, 2.24) is 5.73 Å². The Balaban J connectivity index is 3.14. The van der Waals surface area contributed by atoms with Crippen LogP contribution in [0.5, 0.6) is 0 Å². The lowest BCUT2D eigenvalue weighted by atomic mass is 11.1. The third-order valence-electron chi connectivity index (χ3n) is 0.269. The van der Waals surface area contributed by atoms with E-state index in [0.717, 1.165) is 0 Å². The van der Waals surface area contributed by atoms with Crippen LogP contribution in [0, 0.1) is 0 Å². The fourth-order valence-corrected chi connectivity index (χ4v) is 0. The molecule has 0 saturated carbocycles. The van der Waals surface area contributed by atoms with Crippen LogP contribution < -0.4 is 16.5 Å². The van der Waals surface area contributed by atoms with Crippen LogP contribution in [-0.2, 0) is 0 Å². The van der Waals surface area contributed by atoms with Crippen molar-refractivity contribution in [3.63, 3.8) is 0 Å². The highest BCUT2D eigenvalue weighted by molar-refractivity contribution is 5.68. The quantitative estimate of drug-likeness (QED) is 0.238. The van der Waals surface area contributed by atoms with Gasteiger partial charge in [-0.2, -0.15) is 0 Å². The van der Waals surface area contributed by atoms with E-state index in [2.05, 4.69) is 4.99 Å². The van der Waals surface area contributed by atoms with E-state index in [-0.39, 0.29) is 5.96 Å². The highest BCUT2D eigenvalue weighted by Crippen LogP contribution is 1.07. The van der Waals surface area contributed by atoms with Gasteiger partial charge in [0.15, 0.2) is 0 Å². The molecule has 5 heavy (non-hydrogen) atoms. The normalized spacial score (nSPS) is 11.8. The topological polar surface area (TPSA) is 63.8 Å². The molecule has 0 aromatic rings. The predicted molar refractivity (Wildman–Crippen MR) is 19.2 cm³/mol. The van der Waals surface area contributed by atoms with Gasteiger partial charge in [-0.25, -0.2) is 0 Å². The van der Waals surface area contributed by atoms with Crippen molar-refractivity contribution < 1.29 is 4.99 Å². The highest BCUT2D eigenvalue weighted by atomic mass is 15.0. The van der Waals surface area contributed by atoms with E-state index in [1.54, 1.807) is 7.05 Å². The molecule has 1 radical (unpaired) electrons. The summed E-state index contributed by atoms with van der Waals surface area (Å²) >= 11 is 0.